The molecule has 0 unspecified atom stereocenters. The molecule has 0 aliphatic carbocycles. The van der Waals surface area contributed by atoms with Crippen LogP contribution in [-0.2, 0) is 14.9 Å². The number of fused-ring (bicyclic) bond motifs is 1. The summed E-state index contributed by atoms with van der Waals surface area (Å²) in [6.45, 7) is 6.15. The molecule has 0 radical (unpaired) electrons. The van der Waals surface area contributed by atoms with Crippen molar-refractivity contribution in [2.45, 2.75) is 39.0 Å². The molecule has 2 heterocycles. The number of hydrogen-bond donors (Lipinski definition) is 0. The van der Waals surface area contributed by atoms with E-state index in [1.54, 1.807) is 12.4 Å². The van der Waals surface area contributed by atoms with E-state index in [0.29, 0.717) is 25.1 Å². The van der Waals surface area contributed by atoms with Gasteiger partial charge in [0, 0.05) is 12.4 Å². The molecular formula is C13H17N3O2S. The molecule has 0 aliphatic rings. The zero-order valence-electron chi connectivity index (χ0n) is 11.3. The van der Waals surface area contributed by atoms with Crippen molar-refractivity contribution in [2.75, 3.05) is 6.61 Å². The molecule has 5 nitrogen and oxygen atoms in total. The predicted octanol–water partition coefficient (Wildman–Crippen LogP) is 2.71. The van der Waals surface area contributed by atoms with Gasteiger partial charge in [0.25, 0.3) is 0 Å². The molecule has 0 saturated carbocycles. The third kappa shape index (κ3) is 2.32. The van der Waals surface area contributed by atoms with Crippen molar-refractivity contribution in [3.05, 3.63) is 17.4 Å². The van der Waals surface area contributed by atoms with Crippen LogP contribution in [0.3, 0.4) is 0 Å². The van der Waals surface area contributed by atoms with Crippen LogP contribution in [0.4, 0.5) is 0 Å². The SMILES string of the molecule is CCOC(=O)C(CC)(CC)c1nc2nccnc2s1. The molecule has 0 aliphatic heterocycles. The molecule has 2 aromatic rings. The topological polar surface area (TPSA) is 65.0 Å². The van der Waals surface area contributed by atoms with Crippen LogP contribution in [0.1, 0.15) is 38.6 Å². The molecule has 0 bridgehead atoms. The number of aromatic nitrogens is 3. The maximum absolute atomic E-state index is 12.3. The second-order valence-electron chi connectivity index (χ2n) is 4.21. The predicted molar refractivity (Wildman–Crippen MR) is 74.1 cm³/mol. The highest BCUT2D eigenvalue weighted by Crippen LogP contribution is 2.37. The minimum absolute atomic E-state index is 0.209. The summed E-state index contributed by atoms with van der Waals surface area (Å²) in [5.41, 5.74) is -0.0821. The van der Waals surface area contributed by atoms with Crippen molar-refractivity contribution < 1.29 is 9.53 Å². The first-order valence-electron chi connectivity index (χ1n) is 6.43. The molecule has 6 heteroatoms. The first kappa shape index (κ1) is 13.9. The fourth-order valence-electron chi connectivity index (χ4n) is 2.08. The number of hydrogen-bond acceptors (Lipinski definition) is 6. The van der Waals surface area contributed by atoms with Crippen LogP contribution in [0, 0.1) is 0 Å². The lowest BCUT2D eigenvalue weighted by Crippen LogP contribution is -2.36. The van der Waals surface area contributed by atoms with Gasteiger partial charge in [-0.15, -0.1) is 0 Å². The van der Waals surface area contributed by atoms with Gasteiger partial charge in [-0.3, -0.25) is 4.79 Å². The van der Waals surface area contributed by atoms with E-state index in [4.69, 9.17) is 4.74 Å². The summed E-state index contributed by atoms with van der Waals surface area (Å²) in [6.07, 6.45) is 4.55. The average molecular weight is 279 g/mol. The van der Waals surface area contributed by atoms with Crippen LogP contribution in [0.15, 0.2) is 12.4 Å². The number of thiazole rings is 1. The molecule has 19 heavy (non-hydrogen) atoms. The Kier molecular flexibility index (Phi) is 4.09. The van der Waals surface area contributed by atoms with E-state index in [0.717, 1.165) is 9.84 Å². The standard InChI is InChI=1S/C13H17N3O2S/c1-4-13(5-2,12(17)18-6-3)11-16-9-10(19-11)15-8-7-14-9/h7-8H,4-6H2,1-3H3. The largest absolute Gasteiger partial charge is 0.465 e. The average Bonchev–Trinajstić information content (AvgIpc) is 2.85. The normalized spacial score (nSPS) is 11.7. The van der Waals surface area contributed by atoms with Gasteiger partial charge in [-0.1, -0.05) is 25.2 Å². The van der Waals surface area contributed by atoms with E-state index >= 15 is 0 Å². The van der Waals surface area contributed by atoms with Gasteiger partial charge in [0.05, 0.1) is 6.61 Å². The minimum Gasteiger partial charge on any atom is -0.465 e. The molecule has 0 fully saturated rings. The summed E-state index contributed by atoms with van der Waals surface area (Å²) in [6, 6.07) is 0. The maximum atomic E-state index is 12.3. The van der Waals surface area contributed by atoms with Gasteiger partial charge in [0.15, 0.2) is 10.5 Å². The summed E-state index contributed by atoms with van der Waals surface area (Å²) in [4.78, 5) is 25.9. The summed E-state index contributed by atoms with van der Waals surface area (Å²) in [5.74, 6) is -0.209. The van der Waals surface area contributed by atoms with Crippen LogP contribution in [0.2, 0.25) is 0 Å². The summed E-state index contributed by atoms with van der Waals surface area (Å²) < 4.78 is 5.23. The number of ether oxygens (including phenoxy) is 1. The van der Waals surface area contributed by atoms with E-state index in [1.807, 2.05) is 20.8 Å². The zero-order chi connectivity index (χ0) is 13.9. The Morgan fingerprint density at radius 3 is 2.53 bits per heavy atom. The van der Waals surface area contributed by atoms with E-state index in [1.165, 1.54) is 11.3 Å². The quantitative estimate of drug-likeness (QED) is 0.787. The fraction of sp³-hybridized carbons (Fsp3) is 0.538. The number of carbonyl (C=O) groups excluding carboxylic acids is 1. The molecule has 0 spiro atoms. The van der Waals surface area contributed by atoms with Gasteiger partial charge in [0.2, 0.25) is 0 Å². The first-order valence-corrected chi connectivity index (χ1v) is 7.24. The van der Waals surface area contributed by atoms with Gasteiger partial charge < -0.3 is 4.74 Å². The summed E-state index contributed by atoms with van der Waals surface area (Å²) in [5, 5.41) is 0.747. The van der Waals surface area contributed by atoms with Crippen LogP contribution in [0.25, 0.3) is 10.5 Å². The van der Waals surface area contributed by atoms with Crippen molar-refractivity contribution in [3.8, 4) is 0 Å². The highest BCUT2D eigenvalue weighted by molar-refractivity contribution is 7.18. The van der Waals surface area contributed by atoms with E-state index in [2.05, 4.69) is 15.0 Å². The smallest absolute Gasteiger partial charge is 0.319 e. The fourth-order valence-corrected chi connectivity index (χ4v) is 3.27. The molecular weight excluding hydrogens is 262 g/mol. The van der Waals surface area contributed by atoms with Gasteiger partial charge in [-0.05, 0) is 19.8 Å². The summed E-state index contributed by atoms with van der Waals surface area (Å²) >= 11 is 1.42. The van der Waals surface area contributed by atoms with Gasteiger partial charge >= 0.3 is 5.97 Å². The summed E-state index contributed by atoms with van der Waals surface area (Å²) in [7, 11) is 0. The van der Waals surface area contributed by atoms with Crippen LogP contribution < -0.4 is 0 Å². The number of nitrogens with zero attached hydrogens (tertiary/aromatic N) is 3. The Balaban J connectivity index is 2.51. The Morgan fingerprint density at radius 2 is 1.95 bits per heavy atom. The molecule has 0 N–H and O–H groups in total. The van der Waals surface area contributed by atoms with Crippen LogP contribution in [0.5, 0.6) is 0 Å². The Hall–Kier alpha value is -1.56. The lowest BCUT2D eigenvalue weighted by Gasteiger charge is -2.26. The molecule has 2 aromatic heterocycles. The van der Waals surface area contributed by atoms with Gasteiger partial charge in [0.1, 0.15) is 10.4 Å². The van der Waals surface area contributed by atoms with Crippen molar-refractivity contribution in [1.29, 1.82) is 0 Å². The van der Waals surface area contributed by atoms with E-state index in [9.17, 15) is 4.79 Å². The number of esters is 1. The van der Waals surface area contributed by atoms with Crippen molar-refractivity contribution >= 4 is 27.8 Å². The highest BCUT2D eigenvalue weighted by atomic mass is 32.1. The molecule has 0 saturated heterocycles. The molecule has 2 rings (SSSR count). The van der Waals surface area contributed by atoms with E-state index in [-0.39, 0.29) is 5.97 Å². The van der Waals surface area contributed by atoms with Crippen molar-refractivity contribution in [2.24, 2.45) is 0 Å². The second-order valence-corrected chi connectivity index (χ2v) is 5.19. The molecule has 102 valence electrons. The number of carbonyl (C=O) groups is 1. The third-order valence-corrected chi connectivity index (χ3v) is 4.49. The Labute approximate surface area is 116 Å². The van der Waals surface area contributed by atoms with Crippen LogP contribution in [-0.4, -0.2) is 27.5 Å². The zero-order valence-corrected chi connectivity index (χ0v) is 12.2. The van der Waals surface area contributed by atoms with Gasteiger partial charge in [-0.2, -0.15) is 0 Å². The third-order valence-electron chi connectivity index (χ3n) is 3.33. The molecule has 0 atom stereocenters. The van der Waals surface area contributed by atoms with Crippen LogP contribution >= 0.6 is 11.3 Å². The lowest BCUT2D eigenvalue weighted by molar-refractivity contribution is -0.150. The number of rotatable bonds is 5. The maximum Gasteiger partial charge on any atom is 0.319 e. The Bertz CT molecular complexity index is 545. The van der Waals surface area contributed by atoms with Crippen molar-refractivity contribution in [3.63, 3.8) is 0 Å². The highest BCUT2D eigenvalue weighted by Gasteiger charge is 2.41. The van der Waals surface area contributed by atoms with Gasteiger partial charge in [-0.25, -0.2) is 15.0 Å². The first-order chi connectivity index (χ1) is 9.17. The monoisotopic (exact) mass is 279 g/mol. The minimum atomic E-state index is -0.678. The second kappa shape index (κ2) is 5.61. The molecule has 0 amide bonds. The Morgan fingerprint density at radius 1 is 1.26 bits per heavy atom. The van der Waals surface area contributed by atoms with Crippen molar-refractivity contribution in [1.82, 2.24) is 15.0 Å². The lowest BCUT2D eigenvalue weighted by atomic mass is 9.83. The van der Waals surface area contributed by atoms with E-state index < -0.39 is 5.41 Å². The molecule has 0 aromatic carbocycles.